The molecule has 106 valence electrons. The molecule has 3 heterocycles. The topological polar surface area (TPSA) is 31.4 Å². The fourth-order valence-corrected chi connectivity index (χ4v) is 4.18. The Hall–Kier alpha value is -0.490. The van der Waals surface area contributed by atoms with Crippen LogP contribution in [0.3, 0.4) is 0 Å². The minimum absolute atomic E-state index is 0.479. The van der Waals surface area contributed by atoms with Crippen LogP contribution >= 0.6 is 11.3 Å². The fraction of sp³-hybridized carbons (Fsp3) is 0.786. The van der Waals surface area contributed by atoms with Crippen molar-refractivity contribution in [1.29, 1.82) is 0 Å². The molecule has 0 aromatic carbocycles. The van der Waals surface area contributed by atoms with Gasteiger partial charge in [0, 0.05) is 50.6 Å². The van der Waals surface area contributed by atoms with Crippen molar-refractivity contribution in [1.82, 2.24) is 20.1 Å². The molecule has 1 N–H and O–H groups in total. The van der Waals surface area contributed by atoms with Gasteiger partial charge in [-0.2, -0.15) is 0 Å². The summed E-state index contributed by atoms with van der Waals surface area (Å²) in [6.45, 7) is 12.5. The average Bonchev–Trinajstić information content (AvgIpc) is 2.90. The molecule has 1 atom stereocenters. The molecule has 1 aromatic heterocycles. The van der Waals surface area contributed by atoms with Gasteiger partial charge in [0.1, 0.15) is 5.01 Å². The predicted octanol–water partition coefficient (Wildman–Crippen LogP) is 1.49. The monoisotopic (exact) mass is 280 g/mol. The molecule has 0 radical (unpaired) electrons. The van der Waals surface area contributed by atoms with E-state index in [4.69, 9.17) is 4.98 Å². The number of nitrogens with zero attached hydrogens (tertiary/aromatic N) is 3. The van der Waals surface area contributed by atoms with Crippen LogP contribution in [0.2, 0.25) is 0 Å². The lowest BCUT2D eigenvalue weighted by atomic mass is 10.2. The van der Waals surface area contributed by atoms with E-state index in [0.717, 1.165) is 45.7 Å². The number of hydrogen-bond donors (Lipinski definition) is 1. The average molecular weight is 280 g/mol. The smallest absolute Gasteiger partial charge is 0.110 e. The van der Waals surface area contributed by atoms with Crippen molar-refractivity contribution in [3.8, 4) is 0 Å². The molecule has 1 fully saturated rings. The van der Waals surface area contributed by atoms with Crippen LogP contribution in [0.1, 0.15) is 35.5 Å². The first kappa shape index (κ1) is 13.5. The molecule has 19 heavy (non-hydrogen) atoms. The highest BCUT2D eigenvalue weighted by atomic mass is 32.1. The van der Waals surface area contributed by atoms with Gasteiger partial charge in [-0.15, -0.1) is 11.3 Å². The van der Waals surface area contributed by atoms with E-state index in [-0.39, 0.29) is 0 Å². The van der Waals surface area contributed by atoms with Crippen LogP contribution in [0.25, 0.3) is 0 Å². The zero-order valence-electron chi connectivity index (χ0n) is 12.0. The summed E-state index contributed by atoms with van der Waals surface area (Å²) < 4.78 is 0. The number of thiazole rings is 1. The Bertz CT molecular complexity index is 425. The second kappa shape index (κ2) is 5.87. The molecule has 4 nitrogen and oxygen atoms in total. The lowest BCUT2D eigenvalue weighted by Gasteiger charge is -2.31. The van der Waals surface area contributed by atoms with Crippen LogP contribution in [0.4, 0.5) is 0 Å². The van der Waals surface area contributed by atoms with Gasteiger partial charge >= 0.3 is 0 Å². The van der Waals surface area contributed by atoms with Crippen molar-refractivity contribution >= 4 is 11.3 Å². The van der Waals surface area contributed by atoms with Gasteiger partial charge in [0.05, 0.1) is 11.7 Å². The molecule has 0 bridgehead atoms. The van der Waals surface area contributed by atoms with Gasteiger partial charge in [-0.25, -0.2) is 4.98 Å². The third kappa shape index (κ3) is 2.84. The molecule has 0 saturated carbocycles. The lowest BCUT2D eigenvalue weighted by Crippen LogP contribution is -2.44. The molecule has 2 aliphatic heterocycles. The van der Waals surface area contributed by atoms with Gasteiger partial charge in [-0.05, 0) is 13.5 Å². The van der Waals surface area contributed by atoms with E-state index in [1.807, 2.05) is 11.3 Å². The van der Waals surface area contributed by atoms with E-state index in [9.17, 15) is 0 Å². The van der Waals surface area contributed by atoms with Crippen LogP contribution < -0.4 is 5.32 Å². The van der Waals surface area contributed by atoms with E-state index >= 15 is 0 Å². The van der Waals surface area contributed by atoms with Crippen molar-refractivity contribution in [2.75, 3.05) is 39.3 Å². The summed E-state index contributed by atoms with van der Waals surface area (Å²) in [5.74, 6) is 0. The standard InChI is InChI=1S/C14H24N4S/c1-3-17-7-4-12-13(10-17)19-14(16-12)11(2)18-8-5-15-6-9-18/h11,15H,3-10H2,1-2H3. The second-order valence-electron chi connectivity index (χ2n) is 5.50. The first-order chi connectivity index (χ1) is 9.28. The largest absolute Gasteiger partial charge is 0.314 e. The summed E-state index contributed by atoms with van der Waals surface area (Å²) >= 11 is 1.94. The van der Waals surface area contributed by atoms with Gasteiger partial charge in [0.2, 0.25) is 0 Å². The SMILES string of the molecule is CCN1CCc2nc(C(C)N3CCNCC3)sc2C1. The molecule has 3 rings (SSSR count). The van der Waals surface area contributed by atoms with Gasteiger partial charge in [-0.1, -0.05) is 6.92 Å². The van der Waals surface area contributed by atoms with Crippen LogP contribution in [-0.2, 0) is 13.0 Å². The summed E-state index contributed by atoms with van der Waals surface area (Å²) in [4.78, 5) is 11.5. The van der Waals surface area contributed by atoms with E-state index in [1.54, 1.807) is 0 Å². The molecule has 0 amide bonds. The maximum atomic E-state index is 4.92. The summed E-state index contributed by atoms with van der Waals surface area (Å²) in [6, 6.07) is 0.479. The van der Waals surface area contributed by atoms with E-state index < -0.39 is 0 Å². The Morgan fingerprint density at radius 3 is 2.84 bits per heavy atom. The zero-order chi connectivity index (χ0) is 13.2. The molecule has 1 aromatic rings. The Labute approximate surface area is 119 Å². The maximum absolute atomic E-state index is 4.92. The van der Waals surface area contributed by atoms with Crippen molar-refractivity contribution in [3.63, 3.8) is 0 Å². The summed E-state index contributed by atoms with van der Waals surface area (Å²) in [6.07, 6.45) is 1.13. The summed E-state index contributed by atoms with van der Waals surface area (Å²) in [5.41, 5.74) is 1.37. The molecule has 1 unspecified atom stereocenters. The third-order valence-electron chi connectivity index (χ3n) is 4.33. The number of piperazine rings is 1. The van der Waals surface area contributed by atoms with E-state index in [2.05, 4.69) is 29.0 Å². The van der Waals surface area contributed by atoms with Crippen LogP contribution in [0, 0.1) is 0 Å². The third-order valence-corrected chi connectivity index (χ3v) is 5.58. The summed E-state index contributed by atoms with van der Waals surface area (Å²) in [5, 5.41) is 4.74. The maximum Gasteiger partial charge on any atom is 0.110 e. The van der Waals surface area contributed by atoms with Crippen LogP contribution in [0.5, 0.6) is 0 Å². The normalized spacial score (nSPS) is 23.3. The van der Waals surface area contributed by atoms with Crippen LogP contribution in [0.15, 0.2) is 0 Å². The Morgan fingerprint density at radius 2 is 2.11 bits per heavy atom. The quantitative estimate of drug-likeness (QED) is 0.909. The molecular weight excluding hydrogens is 256 g/mol. The molecule has 0 spiro atoms. The van der Waals surface area contributed by atoms with Crippen LogP contribution in [-0.4, -0.2) is 54.1 Å². The fourth-order valence-electron chi connectivity index (χ4n) is 2.94. The highest BCUT2D eigenvalue weighted by molar-refractivity contribution is 7.11. The number of fused-ring (bicyclic) bond motifs is 1. The molecule has 1 saturated heterocycles. The molecule has 0 aliphatic carbocycles. The summed E-state index contributed by atoms with van der Waals surface area (Å²) in [7, 11) is 0. The highest BCUT2D eigenvalue weighted by Gasteiger charge is 2.25. The number of hydrogen-bond acceptors (Lipinski definition) is 5. The Kier molecular flexibility index (Phi) is 4.17. The Morgan fingerprint density at radius 1 is 1.32 bits per heavy atom. The van der Waals surface area contributed by atoms with Gasteiger partial charge in [-0.3, -0.25) is 9.80 Å². The first-order valence-corrected chi connectivity index (χ1v) is 8.25. The number of rotatable bonds is 3. The number of likely N-dealkylation sites (N-methyl/N-ethyl adjacent to an activating group) is 1. The number of nitrogens with one attached hydrogen (secondary N) is 1. The van der Waals surface area contributed by atoms with Crippen molar-refractivity contribution in [2.24, 2.45) is 0 Å². The van der Waals surface area contributed by atoms with E-state index in [0.29, 0.717) is 6.04 Å². The highest BCUT2D eigenvalue weighted by Crippen LogP contribution is 2.31. The predicted molar refractivity (Wildman–Crippen MR) is 79.6 cm³/mol. The first-order valence-electron chi connectivity index (χ1n) is 7.43. The van der Waals surface area contributed by atoms with Crippen molar-refractivity contribution in [3.05, 3.63) is 15.6 Å². The van der Waals surface area contributed by atoms with E-state index in [1.165, 1.54) is 22.1 Å². The van der Waals surface area contributed by atoms with Crippen molar-refractivity contribution < 1.29 is 0 Å². The Balaban J connectivity index is 1.73. The minimum Gasteiger partial charge on any atom is -0.314 e. The van der Waals surface area contributed by atoms with Crippen molar-refractivity contribution in [2.45, 2.75) is 32.9 Å². The van der Waals surface area contributed by atoms with Gasteiger partial charge < -0.3 is 5.32 Å². The van der Waals surface area contributed by atoms with Gasteiger partial charge in [0.25, 0.3) is 0 Å². The minimum atomic E-state index is 0.479. The lowest BCUT2D eigenvalue weighted by molar-refractivity contribution is 0.185. The molecule has 2 aliphatic rings. The second-order valence-corrected chi connectivity index (χ2v) is 6.62. The number of aromatic nitrogens is 1. The zero-order valence-corrected chi connectivity index (χ0v) is 12.8. The molecular formula is C14H24N4S. The van der Waals surface area contributed by atoms with Gasteiger partial charge in [0.15, 0.2) is 0 Å². The molecule has 5 heteroatoms.